The molecule has 0 amide bonds. The summed E-state index contributed by atoms with van der Waals surface area (Å²) < 4.78 is 0. The molecular formula is C23H20O2. The number of benzene rings is 2. The zero-order chi connectivity index (χ0) is 17.0. The Bertz CT molecular complexity index is 856. The van der Waals surface area contributed by atoms with Crippen LogP contribution in [0.2, 0.25) is 0 Å². The van der Waals surface area contributed by atoms with Gasteiger partial charge < -0.3 is 0 Å². The molecule has 1 fully saturated rings. The number of rotatable bonds is 1. The van der Waals surface area contributed by atoms with Crippen LogP contribution in [0.4, 0.5) is 0 Å². The molecule has 4 aliphatic carbocycles. The fourth-order valence-corrected chi connectivity index (χ4v) is 5.08. The Morgan fingerprint density at radius 1 is 0.760 bits per heavy atom. The van der Waals surface area contributed by atoms with Crippen molar-refractivity contribution in [2.75, 3.05) is 0 Å². The minimum atomic E-state index is 0.0410. The Hall–Kier alpha value is -2.48. The van der Waals surface area contributed by atoms with E-state index in [0.717, 1.165) is 6.42 Å². The zero-order valence-electron chi connectivity index (χ0n) is 14.1. The third-order valence-electron chi connectivity index (χ3n) is 6.14. The van der Waals surface area contributed by atoms with E-state index in [-0.39, 0.29) is 23.4 Å². The average molecular weight is 328 g/mol. The van der Waals surface area contributed by atoms with Crippen LogP contribution in [0.15, 0.2) is 60.2 Å². The summed E-state index contributed by atoms with van der Waals surface area (Å²) >= 11 is 0. The predicted octanol–water partition coefficient (Wildman–Crippen LogP) is 4.53. The summed E-state index contributed by atoms with van der Waals surface area (Å²) in [5.74, 6) is 0.940. The first-order chi connectivity index (χ1) is 12.2. The van der Waals surface area contributed by atoms with Crippen molar-refractivity contribution in [1.82, 2.24) is 0 Å². The van der Waals surface area contributed by atoms with Gasteiger partial charge in [0.2, 0.25) is 0 Å². The second-order valence-corrected chi connectivity index (χ2v) is 7.47. The molecule has 2 nitrogen and oxygen atoms in total. The van der Waals surface area contributed by atoms with E-state index in [1.54, 1.807) is 0 Å². The summed E-state index contributed by atoms with van der Waals surface area (Å²) in [6.07, 6.45) is 4.75. The minimum absolute atomic E-state index is 0.0410. The van der Waals surface area contributed by atoms with Crippen LogP contribution in [0, 0.1) is 5.92 Å². The topological polar surface area (TPSA) is 34.1 Å². The van der Waals surface area contributed by atoms with E-state index in [9.17, 15) is 9.59 Å². The molecule has 2 heteroatoms. The molecule has 0 spiro atoms. The predicted molar refractivity (Wildman–Crippen MR) is 96.6 cm³/mol. The number of fused-ring (bicyclic) bond motifs is 1. The summed E-state index contributed by atoms with van der Waals surface area (Å²) in [5, 5.41) is 0. The second-order valence-electron chi connectivity index (χ2n) is 7.47. The van der Waals surface area contributed by atoms with Crippen LogP contribution < -0.4 is 0 Å². The molecule has 2 bridgehead atoms. The van der Waals surface area contributed by atoms with Gasteiger partial charge in [-0.25, -0.2) is 0 Å². The van der Waals surface area contributed by atoms with Gasteiger partial charge in [0.25, 0.3) is 0 Å². The highest BCUT2D eigenvalue weighted by atomic mass is 16.1. The normalized spacial score (nSPS) is 27.0. The minimum Gasteiger partial charge on any atom is -0.294 e. The van der Waals surface area contributed by atoms with E-state index in [4.69, 9.17) is 0 Å². The fraction of sp³-hybridized carbons (Fsp3) is 0.304. The Morgan fingerprint density at radius 3 is 1.84 bits per heavy atom. The lowest BCUT2D eigenvalue weighted by atomic mass is 9.59. The van der Waals surface area contributed by atoms with Crippen molar-refractivity contribution >= 4 is 11.6 Å². The summed E-state index contributed by atoms with van der Waals surface area (Å²) in [4.78, 5) is 24.6. The molecule has 0 N–H and O–H groups in total. The van der Waals surface area contributed by atoms with Crippen molar-refractivity contribution in [3.8, 4) is 0 Å². The summed E-state index contributed by atoms with van der Waals surface area (Å²) in [7, 11) is 0. The molecule has 0 heterocycles. The van der Waals surface area contributed by atoms with Crippen LogP contribution >= 0.6 is 0 Å². The standard InChI is InChI=1S/C23H20O2/c24-21-10-5-11-22(25)20(21)13-14-12-19-15-6-1-3-8-17(15)23(14)18-9-4-2-7-16(18)19/h1-4,6-9,13-14,19,23H,5,10-12H2. The van der Waals surface area contributed by atoms with Gasteiger partial charge >= 0.3 is 0 Å². The molecular weight excluding hydrogens is 308 g/mol. The van der Waals surface area contributed by atoms with Crippen molar-refractivity contribution in [1.29, 1.82) is 0 Å². The summed E-state index contributed by atoms with van der Waals surface area (Å²) in [6, 6.07) is 17.4. The molecule has 1 unspecified atom stereocenters. The third-order valence-corrected chi connectivity index (χ3v) is 6.14. The van der Waals surface area contributed by atoms with Gasteiger partial charge in [-0.3, -0.25) is 9.59 Å². The van der Waals surface area contributed by atoms with Crippen LogP contribution in [0.5, 0.6) is 0 Å². The molecule has 2 aromatic rings. The van der Waals surface area contributed by atoms with Crippen molar-refractivity contribution in [3.05, 3.63) is 82.4 Å². The monoisotopic (exact) mass is 328 g/mol. The van der Waals surface area contributed by atoms with Gasteiger partial charge in [-0.2, -0.15) is 0 Å². The van der Waals surface area contributed by atoms with Crippen LogP contribution in [0.25, 0.3) is 0 Å². The largest absolute Gasteiger partial charge is 0.294 e. The Morgan fingerprint density at radius 2 is 1.28 bits per heavy atom. The van der Waals surface area contributed by atoms with E-state index in [0.29, 0.717) is 30.8 Å². The van der Waals surface area contributed by atoms with Gasteiger partial charge in [-0.1, -0.05) is 54.6 Å². The Kier molecular flexibility index (Phi) is 3.27. The lowest BCUT2D eigenvalue weighted by molar-refractivity contribution is -0.123. The van der Waals surface area contributed by atoms with Crippen molar-refractivity contribution in [2.45, 2.75) is 37.5 Å². The van der Waals surface area contributed by atoms with E-state index in [1.165, 1.54) is 22.3 Å². The highest BCUT2D eigenvalue weighted by molar-refractivity contribution is 6.21. The molecule has 2 aromatic carbocycles. The quantitative estimate of drug-likeness (QED) is 0.569. The SMILES string of the molecule is O=C1CCCC(=O)C1=CC1CC2c3ccccc3C1c1ccccc12. The van der Waals surface area contributed by atoms with Crippen molar-refractivity contribution in [3.63, 3.8) is 0 Å². The molecule has 1 atom stereocenters. The molecule has 0 aromatic heterocycles. The summed E-state index contributed by atoms with van der Waals surface area (Å²) in [6.45, 7) is 0. The molecule has 0 radical (unpaired) electrons. The van der Waals surface area contributed by atoms with Gasteiger partial charge in [-0.15, -0.1) is 0 Å². The molecule has 4 aliphatic rings. The lowest BCUT2D eigenvalue weighted by Crippen LogP contribution is -2.32. The fourth-order valence-electron chi connectivity index (χ4n) is 5.08. The van der Waals surface area contributed by atoms with Crippen molar-refractivity contribution < 1.29 is 9.59 Å². The highest BCUT2D eigenvalue weighted by Gasteiger charge is 2.42. The maximum atomic E-state index is 12.3. The number of carbonyl (C=O) groups excluding carboxylic acids is 2. The second kappa shape index (κ2) is 5.52. The van der Waals surface area contributed by atoms with Crippen LogP contribution in [0.1, 0.15) is 59.8 Å². The van der Waals surface area contributed by atoms with Crippen LogP contribution in [0.3, 0.4) is 0 Å². The molecule has 6 rings (SSSR count). The average Bonchev–Trinajstić information content (AvgIpc) is 2.65. The number of carbonyl (C=O) groups is 2. The lowest BCUT2D eigenvalue weighted by Gasteiger charge is -2.45. The third kappa shape index (κ3) is 2.17. The number of hydrogen-bond acceptors (Lipinski definition) is 2. The molecule has 1 saturated carbocycles. The van der Waals surface area contributed by atoms with E-state index < -0.39 is 0 Å². The molecule has 0 saturated heterocycles. The van der Waals surface area contributed by atoms with E-state index >= 15 is 0 Å². The summed E-state index contributed by atoms with van der Waals surface area (Å²) in [5.41, 5.74) is 6.05. The molecule has 25 heavy (non-hydrogen) atoms. The van der Waals surface area contributed by atoms with Crippen LogP contribution in [-0.2, 0) is 9.59 Å². The van der Waals surface area contributed by atoms with Gasteiger partial charge in [0, 0.05) is 24.7 Å². The maximum absolute atomic E-state index is 12.3. The number of allylic oxidation sites excluding steroid dienone is 2. The van der Waals surface area contributed by atoms with Crippen molar-refractivity contribution in [2.24, 2.45) is 5.92 Å². The Labute approximate surface area is 147 Å². The number of Topliss-reactive ketones (excluding diaryl/α,β-unsaturated/α-hetero) is 2. The smallest absolute Gasteiger partial charge is 0.166 e. The first-order valence-corrected chi connectivity index (χ1v) is 9.20. The zero-order valence-corrected chi connectivity index (χ0v) is 14.1. The van der Waals surface area contributed by atoms with Crippen LogP contribution in [-0.4, -0.2) is 11.6 Å². The first-order valence-electron chi connectivity index (χ1n) is 9.20. The van der Waals surface area contributed by atoms with E-state index in [1.807, 2.05) is 6.08 Å². The maximum Gasteiger partial charge on any atom is 0.166 e. The van der Waals surface area contributed by atoms with Gasteiger partial charge in [0.15, 0.2) is 11.6 Å². The number of hydrogen-bond donors (Lipinski definition) is 0. The molecule has 124 valence electrons. The van der Waals surface area contributed by atoms with E-state index in [2.05, 4.69) is 48.5 Å². The highest BCUT2D eigenvalue weighted by Crippen LogP contribution is 2.55. The molecule has 0 aliphatic heterocycles. The Balaban J connectivity index is 1.65. The van der Waals surface area contributed by atoms with Gasteiger partial charge in [0.1, 0.15) is 0 Å². The number of ketones is 2. The van der Waals surface area contributed by atoms with Gasteiger partial charge in [-0.05, 0) is 41.0 Å². The first kappa shape index (κ1) is 14.8. The van der Waals surface area contributed by atoms with Gasteiger partial charge in [0.05, 0.1) is 5.57 Å².